The van der Waals surface area contributed by atoms with Crippen molar-refractivity contribution in [1.82, 2.24) is 25.1 Å². The van der Waals surface area contributed by atoms with Crippen LogP contribution in [0.5, 0.6) is 0 Å². The van der Waals surface area contributed by atoms with E-state index >= 15 is 0 Å². The van der Waals surface area contributed by atoms with Crippen molar-refractivity contribution in [2.75, 3.05) is 27.7 Å². The summed E-state index contributed by atoms with van der Waals surface area (Å²) in [5.74, 6) is 0.785. The Kier molecular flexibility index (Phi) is 5.98. The molecule has 0 saturated heterocycles. The zero-order valence-electron chi connectivity index (χ0n) is 15.1. The highest BCUT2D eigenvalue weighted by Crippen LogP contribution is 2.18. The molecular formula is C18H27N5O. The van der Waals surface area contributed by atoms with Crippen LogP contribution in [0.3, 0.4) is 0 Å². The Hall–Kier alpha value is -2.34. The molecule has 1 aromatic heterocycles. The lowest BCUT2D eigenvalue weighted by Gasteiger charge is -2.26. The SMILES string of the molecule is Cc1ccc(C(CNC(=O)N(C)Cc2ncc(C)[nH]2)N(C)C)cc1. The molecule has 0 saturated carbocycles. The Bertz CT molecular complexity index is 662. The molecule has 0 fully saturated rings. The maximum absolute atomic E-state index is 12.3. The standard InChI is InChI=1S/C18H27N5O/c1-13-6-8-15(9-7-13)16(22(3)4)11-20-18(24)23(5)12-17-19-10-14(2)21-17/h6-10,16H,11-12H2,1-5H3,(H,19,21)(H,20,24). The molecular weight excluding hydrogens is 302 g/mol. The van der Waals surface area contributed by atoms with Crippen LogP contribution in [0.2, 0.25) is 0 Å². The topological polar surface area (TPSA) is 64.3 Å². The molecule has 2 N–H and O–H groups in total. The minimum absolute atomic E-state index is 0.108. The molecule has 1 heterocycles. The van der Waals surface area contributed by atoms with Crippen molar-refractivity contribution >= 4 is 6.03 Å². The summed E-state index contributed by atoms with van der Waals surface area (Å²) >= 11 is 0. The van der Waals surface area contributed by atoms with Crippen LogP contribution in [-0.4, -0.2) is 53.5 Å². The van der Waals surface area contributed by atoms with E-state index in [1.807, 2.05) is 21.0 Å². The van der Waals surface area contributed by atoms with E-state index in [9.17, 15) is 4.79 Å². The van der Waals surface area contributed by atoms with Gasteiger partial charge in [0.15, 0.2) is 0 Å². The van der Waals surface area contributed by atoms with Crippen molar-refractivity contribution in [1.29, 1.82) is 0 Å². The largest absolute Gasteiger partial charge is 0.345 e. The van der Waals surface area contributed by atoms with Crippen LogP contribution in [0, 0.1) is 13.8 Å². The lowest BCUT2D eigenvalue weighted by molar-refractivity contribution is 0.200. The van der Waals surface area contributed by atoms with E-state index in [0.29, 0.717) is 13.1 Å². The molecule has 6 nitrogen and oxygen atoms in total. The average Bonchev–Trinajstić information content (AvgIpc) is 2.93. The summed E-state index contributed by atoms with van der Waals surface area (Å²) < 4.78 is 0. The fraction of sp³-hybridized carbons (Fsp3) is 0.444. The summed E-state index contributed by atoms with van der Waals surface area (Å²) in [4.78, 5) is 23.4. The zero-order chi connectivity index (χ0) is 17.7. The molecule has 0 spiro atoms. The highest BCUT2D eigenvalue weighted by Gasteiger charge is 2.17. The molecule has 24 heavy (non-hydrogen) atoms. The number of nitrogens with zero attached hydrogens (tertiary/aromatic N) is 3. The Morgan fingerprint density at radius 3 is 2.42 bits per heavy atom. The van der Waals surface area contributed by atoms with Gasteiger partial charge in [-0.15, -0.1) is 0 Å². The van der Waals surface area contributed by atoms with Crippen LogP contribution in [0.1, 0.15) is 28.7 Å². The van der Waals surface area contributed by atoms with Gasteiger partial charge in [-0.2, -0.15) is 0 Å². The molecule has 2 rings (SSSR count). The zero-order valence-corrected chi connectivity index (χ0v) is 15.1. The summed E-state index contributed by atoms with van der Waals surface area (Å²) in [5.41, 5.74) is 3.41. The molecule has 1 unspecified atom stereocenters. The van der Waals surface area contributed by atoms with Crippen molar-refractivity contribution in [3.8, 4) is 0 Å². The molecule has 0 aliphatic rings. The highest BCUT2D eigenvalue weighted by atomic mass is 16.2. The van der Waals surface area contributed by atoms with E-state index in [1.165, 1.54) is 11.1 Å². The third kappa shape index (κ3) is 4.83. The number of aromatic amines is 1. The Morgan fingerprint density at radius 1 is 1.21 bits per heavy atom. The van der Waals surface area contributed by atoms with Crippen LogP contribution >= 0.6 is 0 Å². The quantitative estimate of drug-likeness (QED) is 0.856. The second kappa shape index (κ2) is 7.97. The lowest BCUT2D eigenvalue weighted by atomic mass is 10.0. The summed E-state index contributed by atoms with van der Waals surface area (Å²) in [6, 6.07) is 8.44. The normalized spacial score (nSPS) is 12.2. The van der Waals surface area contributed by atoms with Gasteiger partial charge in [0.1, 0.15) is 5.82 Å². The molecule has 2 aromatic rings. The van der Waals surface area contributed by atoms with Crippen LogP contribution in [0.25, 0.3) is 0 Å². The number of hydrogen-bond donors (Lipinski definition) is 2. The number of amides is 2. The molecule has 130 valence electrons. The van der Waals surface area contributed by atoms with Gasteiger partial charge in [0.05, 0.1) is 12.6 Å². The van der Waals surface area contributed by atoms with Gasteiger partial charge in [-0.05, 0) is 33.5 Å². The van der Waals surface area contributed by atoms with Gasteiger partial charge < -0.3 is 20.1 Å². The number of carbonyl (C=O) groups is 1. The number of H-pyrrole nitrogens is 1. The van der Waals surface area contributed by atoms with Gasteiger partial charge in [-0.3, -0.25) is 0 Å². The van der Waals surface area contributed by atoms with Crippen molar-refractivity contribution < 1.29 is 4.79 Å². The average molecular weight is 329 g/mol. The van der Waals surface area contributed by atoms with Crippen molar-refractivity contribution in [2.45, 2.75) is 26.4 Å². The fourth-order valence-corrected chi connectivity index (χ4v) is 2.55. The number of hydrogen-bond acceptors (Lipinski definition) is 3. The number of aromatic nitrogens is 2. The first-order chi connectivity index (χ1) is 11.4. The van der Waals surface area contributed by atoms with Crippen LogP contribution in [-0.2, 0) is 6.54 Å². The van der Waals surface area contributed by atoms with E-state index < -0.39 is 0 Å². The van der Waals surface area contributed by atoms with E-state index in [-0.39, 0.29) is 12.1 Å². The van der Waals surface area contributed by atoms with Gasteiger partial charge >= 0.3 is 6.03 Å². The highest BCUT2D eigenvalue weighted by molar-refractivity contribution is 5.73. The van der Waals surface area contributed by atoms with Crippen molar-refractivity contribution in [2.24, 2.45) is 0 Å². The number of likely N-dealkylation sites (N-methyl/N-ethyl adjacent to an activating group) is 1. The third-order valence-electron chi connectivity index (χ3n) is 4.02. The first kappa shape index (κ1) is 18.0. The van der Waals surface area contributed by atoms with Crippen molar-refractivity contribution in [3.05, 3.63) is 53.1 Å². The Labute approximate surface area is 143 Å². The molecule has 6 heteroatoms. The molecule has 0 radical (unpaired) electrons. The second-order valence-corrected chi connectivity index (χ2v) is 6.45. The monoisotopic (exact) mass is 329 g/mol. The number of urea groups is 1. The van der Waals surface area contributed by atoms with Crippen LogP contribution < -0.4 is 5.32 Å². The maximum Gasteiger partial charge on any atom is 0.317 e. The first-order valence-electron chi connectivity index (χ1n) is 8.09. The number of aryl methyl sites for hydroxylation is 2. The Balaban J connectivity index is 1.93. The minimum Gasteiger partial charge on any atom is -0.345 e. The van der Waals surface area contributed by atoms with Gasteiger partial charge in [0.2, 0.25) is 0 Å². The summed E-state index contributed by atoms with van der Waals surface area (Å²) in [6.07, 6.45) is 1.76. The smallest absolute Gasteiger partial charge is 0.317 e. The summed E-state index contributed by atoms with van der Waals surface area (Å²) in [5, 5.41) is 3.01. The van der Waals surface area contributed by atoms with Gasteiger partial charge in [-0.25, -0.2) is 9.78 Å². The van der Waals surface area contributed by atoms with E-state index in [1.54, 1.807) is 18.1 Å². The van der Waals surface area contributed by atoms with Crippen LogP contribution in [0.15, 0.2) is 30.5 Å². The van der Waals surface area contributed by atoms with E-state index in [2.05, 4.69) is 51.4 Å². The number of benzene rings is 1. The summed E-state index contributed by atoms with van der Waals surface area (Å²) in [6.45, 7) is 5.02. The predicted octanol–water partition coefficient (Wildman–Crippen LogP) is 2.47. The molecule has 0 bridgehead atoms. The summed E-state index contributed by atoms with van der Waals surface area (Å²) in [7, 11) is 5.81. The molecule has 1 atom stereocenters. The third-order valence-corrected chi connectivity index (χ3v) is 4.02. The number of nitrogens with one attached hydrogen (secondary N) is 2. The minimum atomic E-state index is -0.108. The molecule has 0 aliphatic heterocycles. The second-order valence-electron chi connectivity index (χ2n) is 6.45. The van der Waals surface area contributed by atoms with Gasteiger partial charge in [0.25, 0.3) is 0 Å². The number of carbonyl (C=O) groups excluding carboxylic acids is 1. The molecule has 1 aromatic carbocycles. The predicted molar refractivity (Wildman–Crippen MR) is 95.8 cm³/mol. The van der Waals surface area contributed by atoms with E-state index in [4.69, 9.17) is 0 Å². The number of imidazole rings is 1. The fourth-order valence-electron chi connectivity index (χ4n) is 2.55. The lowest BCUT2D eigenvalue weighted by Crippen LogP contribution is -2.41. The number of rotatable bonds is 6. The van der Waals surface area contributed by atoms with Gasteiger partial charge in [-0.1, -0.05) is 29.8 Å². The molecule has 0 aliphatic carbocycles. The maximum atomic E-state index is 12.3. The van der Waals surface area contributed by atoms with Crippen molar-refractivity contribution in [3.63, 3.8) is 0 Å². The van der Waals surface area contributed by atoms with E-state index in [0.717, 1.165) is 11.5 Å². The first-order valence-corrected chi connectivity index (χ1v) is 8.09. The van der Waals surface area contributed by atoms with Crippen LogP contribution in [0.4, 0.5) is 4.79 Å². The van der Waals surface area contributed by atoms with Gasteiger partial charge in [0, 0.05) is 25.5 Å². The Morgan fingerprint density at radius 2 is 1.88 bits per heavy atom. The molecule has 2 amide bonds.